The Bertz CT molecular complexity index is 763. The van der Waals surface area contributed by atoms with Crippen molar-refractivity contribution in [2.45, 2.75) is 34.2 Å². The normalized spacial score (nSPS) is 11.1. The quantitative estimate of drug-likeness (QED) is 0.814. The van der Waals surface area contributed by atoms with Crippen molar-refractivity contribution in [1.82, 2.24) is 5.32 Å². The summed E-state index contributed by atoms with van der Waals surface area (Å²) in [6, 6.07) is 11.6. The first-order valence-corrected chi connectivity index (χ1v) is 8.11. The van der Waals surface area contributed by atoms with Gasteiger partial charge in [-0.25, -0.2) is 4.39 Å². The zero-order valence-corrected chi connectivity index (χ0v) is 14.9. The molecule has 2 aromatic carbocycles. The highest BCUT2D eigenvalue weighted by molar-refractivity contribution is 6.09. The van der Waals surface area contributed by atoms with Crippen LogP contribution in [0.5, 0.6) is 0 Å². The Balaban J connectivity index is 2.01. The van der Waals surface area contributed by atoms with Crippen LogP contribution in [0.1, 0.15) is 30.5 Å². The van der Waals surface area contributed by atoms with Crippen LogP contribution in [0.25, 0.3) is 0 Å². The van der Waals surface area contributed by atoms with Crippen LogP contribution in [0.2, 0.25) is 0 Å². The van der Waals surface area contributed by atoms with Gasteiger partial charge < -0.3 is 10.6 Å². The summed E-state index contributed by atoms with van der Waals surface area (Å²) in [4.78, 5) is 25.0. The number of hydrogen-bond donors (Lipinski definition) is 2. The maximum atomic E-state index is 12.9. The molecule has 2 N–H and O–H groups in total. The highest BCUT2D eigenvalue weighted by Crippen LogP contribution is 2.21. The van der Waals surface area contributed by atoms with Crippen LogP contribution in [-0.4, -0.2) is 11.8 Å². The zero-order chi connectivity index (χ0) is 18.6. The van der Waals surface area contributed by atoms with Crippen LogP contribution >= 0.6 is 0 Å². The van der Waals surface area contributed by atoms with E-state index >= 15 is 0 Å². The Morgan fingerprint density at radius 1 is 0.960 bits per heavy atom. The summed E-state index contributed by atoms with van der Waals surface area (Å²) >= 11 is 0. The van der Waals surface area contributed by atoms with Gasteiger partial charge in [0, 0.05) is 12.2 Å². The minimum atomic E-state index is -1.24. The average molecular weight is 342 g/mol. The van der Waals surface area contributed by atoms with Crippen LogP contribution in [0.3, 0.4) is 0 Å². The summed E-state index contributed by atoms with van der Waals surface area (Å²) in [5.41, 5.74) is 2.27. The average Bonchev–Trinajstić information content (AvgIpc) is 2.52. The summed E-state index contributed by atoms with van der Waals surface area (Å²) in [7, 11) is 0. The van der Waals surface area contributed by atoms with E-state index in [4.69, 9.17) is 0 Å². The molecule has 0 aromatic heterocycles. The lowest BCUT2D eigenvalue weighted by Crippen LogP contribution is -2.44. The minimum Gasteiger partial charge on any atom is -0.351 e. The highest BCUT2D eigenvalue weighted by Gasteiger charge is 2.36. The number of halogens is 1. The molecule has 132 valence electrons. The van der Waals surface area contributed by atoms with Gasteiger partial charge in [-0.1, -0.05) is 18.2 Å². The molecule has 0 atom stereocenters. The van der Waals surface area contributed by atoms with Gasteiger partial charge in [-0.2, -0.15) is 0 Å². The van der Waals surface area contributed by atoms with E-state index in [1.807, 2.05) is 32.0 Å². The summed E-state index contributed by atoms with van der Waals surface area (Å²) in [5, 5.41) is 5.53. The Morgan fingerprint density at radius 3 is 2.08 bits per heavy atom. The van der Waals surface area contributed by atoms with E-state index in [0.29, 0.717) is 5.69 Å². The molecule has 0 heterocycles. The van der Waals surface area contributed by atoms with Gasteiger partial charge in [0.15, 0.2) is 0 Å². The van der Waals surface area contributed by atoms with Crippen molar-refractivity contribution in [2.24, 2.45) is 5.41 Å². The predicted molar refractivity (Wildman–Crippen MR) is 96.6 cm³/mol. The van der Waals surface area contributed by atoms with Gasteiger partial charge in [0.05, 0.1) is 0 Å². The van der Waals surface area contributed by atoms with Gasteiger partial charge in [-0.05, 0) is 68.7 Å². The topological polar surface area (TPSA) is 58.2 Å². The largest absolute Gasteiger partial charge is 0.351 e. The summed E-state index contributed by atoms with van der Waals surface area (Å²) in [6.45, 7) is 7.28. The maximum absolute atomic E-state index is 12.9. The second kappa shape index (κ2) is 7.47. The third kappa shape index (κ3) is 4.89. The van der Waals surface area contributed by atoms with Crippen LogP contribution < -0.4 is 10.6 Å². The highest BCUT2D eigenvalue weighted by atomic mass is 19.1. The Morgan fingerprint density at radius 2 is 1.52 bits per heavy atom. The third-order valence-corrected chi connectivity index (χ3v) is 3.98. The molecule has 25 heavy (non-hydrogen) atoms. The standard InChI is InChI=1S/C20H23FN2O2/c1-13-9-14(2)11-17(10-13)23-19(25)20(3,4)18(24)22-12-15-5-7-16(21)8-6-15/h5-11H,12H2,1-4H3,(H,22,24)(H,23,25). The van der Waals surface area contributed by atoms with E-state index < -0.39 is 11.3 Å². The van der Waals surface area contributed by atoms with Crippen molar-refractivity contribution in [2.75, 3.05) is 5.32 Å². The van der Waals surface area contributed by atoms with E-state index in [1.54, 1.807) is 26.0 Å². The lowest BCUT2D eigenvalue weighted by molar-refractivity contribution is -0.138. The molecular weight excluding hydrogens is 319 g/mol. The molecule has 0 saturated carbocycles. The number of carbonyl (C=O) groups is 2. The molecule has 0 aliphatic heterocycles. The van der Waals surface area contributed by atoms with Crippen LogP contribution in [0.15, 0.2) is 42.5 Å². The second-order valence-electron chi connectivity index (χ2n) is 6.76. The van der Waals surface area contributed by atoms with Crippen molar-refractivity contribution in [1.29, 1.82) is 0 Å². The fourth-order valence-corrected chi connectivity index (χ4v) is 2.44. The molecule has 2 amide bonds. The second-order valence-corrected chi connectivity index (χ2v) is 6.76. The first-order valence-electron chi connectivity index (χ1n) is 8.11. The van der Waals surface area contributed by atoms with Crippen molar-refractivity contribution < 1.29 is 14.0 Å². The fraction of sp³-hybridized carbons (Fsp3) is 0.300. The van der Waals surface area contributed by atoms with E-state index in [0.717, 1.165) is 16.7 Å². The van der Waals surface area contributed by atoms with Gasteiger partial charge in [0.25, 0.3) is 0 Å². The molecule has 5 heteroatoms. The number of hydrogen-bond acceptors (Lipinski definition) is 2. The molecule has 0 saturated heterocycles. The van der Waals surface area contributed by atoms with Crippen LogP contribution in [-0.2, 0) is 16.1 Å². The minimum absolute atomic E-state index is 0.235. The predicted octanol–water partition coefficient (Wildman–Crippen LogP) is 3.72. The van der Waals surface area contributed by atoms with Gasteiger partial charge in [-0.3, -0.25) is 9.59 Å². The third-order valence-electron chi connectivity index (χ3n) is 3.98. The Hall–Kier alpha value is -2.69. The molecule has 0 fully saturated rings. The van der Waals surface area contributed by atoms with Crippen molar-refractivity contribution in [3.8, 4) is 0 Å². The SMILES string of the molecule is Cc1cc(C)cc(NC(=O)C(C)(C)C(=O)NCc2ccc(F)cc2)c1. The van der Waals surface area contributed by atoms with E-state index in [2.05, 4.69) is 10.6 Å². The Labute approximate surface area is 147 Å². The van der Waals surface area contributed by atoms with E-state index in [9.17, 15) is 14.0 Å². The number of anilines is 1. The van der Waals surface area contributed by atoms with Gasteiger partial charge in [-0.15, -0.1) is 0 Å². The van der Waals surface area contributed by atoms with Gasteiger partial charge in [0.1, 0.15) is 11.2 Å². The molecule has 0 radical (unpaired) electrons. The molecule has 0 spiro atoms. The first-order chi connectivity index (χ1) is 11.7. The number of carbonyl (C=O) groups excluding carboxylic acids is 2. The molecule has 2 aromatic rings. The monoisotopic (exact) mass is 342 g/mol. The maximum Gasteiger partial charge on any atom is 0.239 e. The summed E-state index contributed by atoms with van der Waals surface area (Å²) in [6.07, 6.45) is 0. The van der Waals surface area contributed by atoms with Crippen molar-refractivity contribution in [3.05, 3.63) is 65.0 Å². The van der Waals surface area contributed by atoms with Crippen LogP contribution in [0.4, 0.5) is 10.1 Å². The number of rotatable bonds is 5. The number of amides is 2. The molecule has 2 rings (SSSR count). The lowest BCUT2D eigenvalue weighted by atomic mass is 9.90. The van der Waals surface area contributed by atoms with E-state index in [1.165, 1.54) is 12.1 Å². The first kappa shape index (κ1) is 18.6. The molecule has 4 nitrogen and oxygen atoms in total. The van der Waals surface area contributed by atoms with Crippen molar-refractivity contribution in [3.63, 3.8) is 0 Å². The molecule has 0 unspecified atom stereocenters. The molecule has 0 aliphatic rings. The molecular formula is C20H23FN2O2. The number of nitrogens with one attached hydrogen (secondary N) is 2. The van der Waals surface area contributed by atoms with Gasteiger partial charge >= 0.3 is 0 Å². The smallest absolute Gasteiger partial charge is 0.239 e. The fourth-order valence-electron chi connectivity index (χ4n) is 2.44. The van der Waals surface area contributed by atoms with E-state index in [-0.39, 0.29) is 18.3 Å². The van der Waals surface area contributed by atoms with Gasteiger partial charge in [0.2, 0.25) is 11.8 Å². The summed E-state index contributed by atoms with van der Waals surface area (Å²) in [5.74, 6) is -1.10. The lowest BCUT2D eigenvalue weighted by Gasteiger charge is -2.23. The van der Waals surface area contributed by atoms with Crippen LogP contribution in [0, 0.1) is 25.1 Å². The summed E-state index contributed by atoms with van der Waals surface area (Å²) < 4.78 is 12.9. The zero-order valence-electron chi connectivity index (χ0n) is 14.9. The Kier molecular flexibility index (Phi) is 5.57. The number of benzene rings is 2. The molecule has 0 bridgehead atoms. The number of aryl methyl sites for hydroxylation is 2. The molecule has 0 aliphatic carbocycles. The van der Waals surface area contributed by atoms with Crippen molar-refractivity contribution >= 4 is 17.5 Å².